The predicted molar refractivity (Wildman–Crippen MR) is 134 cm³/mol. The molecular formula is C26H31N7O3. The quantitative estimate of drug-likeness (QED) is 0.421. The minimum Gasteiger partial charge on any atom is -0.481 e. The Labute approximate surface area is 208 Å². The van der Waals surface area contributed by atoms with Gasteiger partial charge in [0.05, 0.1) is 17.4 Å². The Hall–Kier alpha value is -3.95. The first-order chi connectivity index (χ1) is 17.5. The highest BCUT2D eigenvalue weighted by Gasteiger charge is 2.37. The minimum atomic E-state index is -0.827. The van der Waals surface area contributed by atoms with Crippen LogP contribution in [0.4, 0.5) is 0 Å². The molecule has 3 heterocycles. The largest absolute Gasteiger partial charge is 0.481 e. The van der Waals surface area contributed by atoms with E-state index in [4.69, 9.17) is 0 Å². The number of carboxylic acid groups (broad SMARTS) is 1. The van der Waals surface area contributed by atoms with E-state index in [1.54, 1.807) is 4.57 Å². The molecule has 0 bridgehead atoms. The summed E-state index contributed by atoms with van der Waals surface area (Å²) in [5.74, 6) is -0.786. The molecule has 3 N–H and O–H groups in total. The Bertz CT molecular complexity index is 1320. The number of rotatable bonds is 9. The molecule has 2 unspecified atom stereocenters. The molecular weight excluding hydrogens is 458 g/mol. The lowest BCUT2D eigenvalue weighted by atomic mass is 9.78. The molecule has 188 valence electrons. The maximum atomic E-state index is 13.8. The number of imidazole rings is 1. The van der Waals surface area contributed by atoms with Gasteiger partial charge in [-0.25, -0.2) is 9.89 Å². The average molecular weight is 490 g/mol. The summed E-state index contributed by atoms with van der Waals surface area (Å²) < 4.78 is 3.53. The fraction of sp³-hybridized carbons (Fsp3) is 0.423. The van der Waals surface area contributed by atoms with E-state index in [0.717, 1.165) is 42.5 Å². The second kappa shape index (κ2) is 9.96. The number of aromatic nitrogens is 6. The topological polar surface area (TPSA) is 131 Å². The number of hydrogen-bond donors (Lipinski definition) is 3. The lowest BCUT2D eigenvalue weighted by molar-refractivity contribution is -0.142. The molecule has 2 atom stereocenters. The highest BCUT2D eigenvalue weighted by Crippen LogP contribution is 2.37. The molecule has 3 aromatic rings. The highest BCUT2D eigenvalue weighted by molar-refractivity contribution is 5.71. The molecule has 0 amide bonds. The smallest absolute Gasteiger partial charge is 0.328 e. The molecule has 0 radical (unpaired) electrons. The third-order valence-corrected chi connectivity index (χ3v) is 7.42. The van der Waals surface area contributed by atoms with Crippen LogP contribution in [0.15, 0.2) is 59.8 Å². The standard InChI is InChI=1S/C26H31N7O3/c1-2-3-8-20-16-32(22-10-5-9-21(22)24(34)35)25(36)33(20)17-26(11-13-27-14-12-26)19-7-4-6-18(15-19)23-28-30-31-29-23/h4,6-7,11-16,21-22,27H,2-3,5,8-10,17H2,1H3,(H,34,35)(H,28,29,30,31). The van der Waals surface area contributed by atoms with Gasteiger partial charge in [-0.05, 0) is 60.1 Å². The number of carboxylic acids is 1. The summed E-state index contributed by atoms with van der Waals surface area (Å²) in [5.41, 5.74) is 2.05. The number of aliphatic carboxylic acids is 1. The summed E-state index contributed by atoms with van der Waals surface area (Å²) in [6.07, 6.45) is 14.6. The summed E-state index contributed by atoms with van der Waals surface area (Å²) in [5, 5.41) is 27.1. The van der Waals surface area contributed by atoms with Crippen molar-refractivity contribution >= 4 is 5.97 Å². The van der Waals surface area contributed by atoms with Gasteiger partial charge in [-0.15, -0.1) is 5.10 Å². The fourth-order valence-electron chi connectivity index (χ4n) is 5.47. The molecule has 36 heavy (non-hydrogen) atoms. The normalized spacial score (nSPS) is 20.5. The van der Waals surface area contributed by atoms with E-state index < -0.39 is 17.3 Å². The number of nitrogens with one attached hydrogen (secondary N) is 2. The first-order valence-corrected chi connectivity index (χ1v) is 12.5. The number of dihydropyridines is 1. The molecule has 1 aliphatic carbocycles. The Morgan fingerprint density at radius 2 is 2.08 bits per heavy atom. The number of benzene rings is 1. The number of nitrogens with zero attached hydrogens (tertiary/aromatic N) is 5. The van der Waals surface area contributed by atoms with Crippen LogP contribution in [0.5, 0.6) is 0 Å². The lowest BCUT2D eigenvalue weighted by Crippen LogP contribution is -2.37. The van der Waals surface area contributed by atoms with Crippen LogP contribution in [-0.4, -0.2) is 40.8 Å². The zero-order chi connectivity index (χ0) is 25.1. The first-order valence-electron chi connectivity index (χ1n) is 12.5. The maximum Gasteiger partial charge on any atom is 0.328 e. The van der Waals surface area contributed by atoms with Crippen molar-refractivity contribution in [3.63, 3.8) is 0 Å². The maximum absolute atomic E-state index is 13.8. The number of hydrogen-bond acceptors (Lipinski definition) is 6. The lowest BCUT2D eigenvalue weighted by Gasteiger charge is -2.31. The van der Waals surface area contributed by atoms with Crippen molar-refractivity contribution in [3.05, 3.63) is 76.8 Å². The van der Waals surface area contributed by atoms with E-state index >= 15 is 0 Å². The number of tetrazole rings is 1. The fourth-order valence-corrected chi connectivity index (χ4v) is 5.47. The average Bonchev–Trinajstić information content (AvgIpc) is 3.65. The van der Waals surface area contributed by atoms with Gasteiger partial charge >= 0.3 is 11.7 Å². The van der Waals surface area contributed by atoms with E-state index in [0.29, 0.717) is 25.2 Å². The number of unbranched alkanes of at least 4 members (excludes halogenated alkanes) is 1. The van der Waals surface area contributed by atoms with Gasteiger partial charge in [-0.3, -0.25) is 13.9 Å². The van der Waals surface area contributed by atoms with Crippen molar-refractivity contribution in [1.82, 2.24) is 35.1 Å². The van der Waals surface area contributed by atoms with Crippen LogP contribution in [0.3, 0.4) is 0 Å². The summed E-state index contributed by atoms with van der Waals surface area (Å²) in [6.45, 7) is 2.52. The zero-order valence-corrected chi connectivity index (χ0v) is 20.3. The van der Waals surface area contributed by atoms with Crippen LogP contribution in [0.2, 0.25) is 0 Å². The number of H-pyrrole nitrogens is 1. The van der Waals surface area contributed by atoms with Gasteiger partial charge in [0, 0.05) is 24.0 Å². The second-order valence-electron chi connectivity index (χ2n) is 9.65. The first kappa shape index (κ1) is 23.8. The van der Waals surface area contributed by atoms with Gasteiger partial charge in [0.1, 0.15) is 0 Å². The van der Waals surface area contributed by atoms with Crippen molar-refractivity contribution in [2.45, 2.75) is 63.5 Å². The van der Waals surface area contributed by atoms with Crippen LogP contribution < -0.4 is 11.0 Å². The van der Waals surface area contributed by atoms with Gasteiger partial charge in [-0.1, -0.05) is 50.1 Å². The number of aromatic amines is 1. The van der Waals surface area contributed by atoms with Crippen LogP contribution in [0, 0.1) is 5.92 Å². The Balaban J connectivity index is 1.58. The molecule has 1 fully saturated rings. The molecule has 0 saturated heterocycles. The van der Waals surface area contributed by atoms with E-state index in [-0.39, 0.29) is 11.7 Å². The Morgan fingerprint density at radius 3 is 2.81 bits per heavy atom. The minimum absolute atomic E-state index is 0.144. The van der Waals surface area contributed by atoms with Crippen LogP contribution in [-0.2, 0) is 23.2 Å². The molecule has 1 saturated carbocycles. The Morgan fingerprint density at radius 1 is 1.25 bits per heavy atom. The zero-order valence-electron chi connectivity index (χ0n) is 20.3. The van der Waals surface area contributed by atoms with Gasteiger partial charge in [0.15, 0.2) is 5.82 Å². The molecule has 1 aromatic carbocycles. The molecule has 10 heteroatoms. The van der Waals surface area contributed by atoms with Crippen molar-refractivity contribution in [2.75, 3.05) is 0 Å². The number of allylic oxidation sites excluding steroid dienone is 2. The molecule has 2 aromatic heterocycles. The third-order valence-electron chi connectivity index (χ3n) is 7.42. The monoisotopic (exact) mass is 489 g/mol. The summed E-state index contributed by atoms with van der Waals surface area (Å²) >= 11 is 0. The van der Waals surface area contributed by atoms with Crippen molar-refractivity contribution < 1.29 is 9.90 Å². The van der Waals surface area contributed by atoms with Crippen molar-refractivity contribution in [1.29, 1.82) is 0 Å². The van der Waals surface area contributed by atoms with Crippen LogP contribution in [0.25, 0.3) is 11.4 Å². The van der Waals surface area contributed by atoms with Crippen molar-refractivity contribution in [3.8, 4) is 11.4 Å². The van der Waals surface area contributed by atoms with Crippen molar-refractivity contribution in [2.24, 2.45) is 5.92 Å². The van der Waals surface area contributed by atoms with Gasteiger partial charge in [-0.2, -0.15) is 0 Å². The van der Waals surface area contributed by atoms with E-state index in [2.05, 4.69) is 45.0 Å². The SMILES string of the molecule is CCCCc1cn(C2CCCC2C(=O)O)c(=O)n1CC1(c2cccc(-c3nnn[nH]3)c2)C=CNC=C1. The Kier molecular flexibility index (Phi) is 6.58. The van der Waals surface area contributed by atoms with Gasteiger partial charge < -0.3 is 10.4 Å². The number of aryl methyl sites for hydroxylation is 1. The predicted octanol–water partition coefficient (Wildman–Crippen LogP) is 3.17. The third kappa shape index (κ3) is 4.38. The summed E-state index contributed by atoms with van der Waals surface area (Å²) in [7, 11) is 0. The molecule has 0 spiro atoms. The van der Waals surface area contributed by atoms with E-state index in [1.807, 2.05) is 47.4 Å². The molecule has 5 rings (SSSR count). The van der Waals surface area contributed by atoms with Crippen LogP contribution in [0.1, 0.15) is 56.3 Å². The highest BCUT2D eigenvalue weighted by atomic mass is 16.4. The summed E-state index contributed by atoms with van der Waals surface area (Å²) in [6, 6.07) is 7.66. The van der Waals surface area contributed by atoms with E-state index in [9.17, 15) is 14.7 Å². The molecule has 10 nitrogen and oxygen atoms in total. The summed E-state index contributed by atoms with van der Waals surface area (Å²) in [4.78, 5) is 25.7. The second-order valence-corrected chi connectivity index (χ2v) is 9.65. The molecule has 2 aliphatic rings. The van der Waals surface area contributed by atoms with Crippen LogP contribution >= 0.6 is 0 Å². The molecule has 1 aliphatic heterocycles. The van der Waals surface area contributed by atoms with E-state index in [1.165, 1.54) is 0 Å². The number of carbonyl (C=O) groups is 1. The van der Waals surface area contributed by atoms with Gasteiger partial charge in [0.25, 0.3) is 0 Å². The van der Waals surface area contributed by atoms with Gasteiger partial charge in [0.2, 0.25) is 0 Å².